The fourth-order valence-electron chi connectivity index (χ4n) is 2.55. The number of rotatable bonds is 1. The molecule has 0 bridgehead atoms. The van der Waals surface area contributed by atoms with Crippen LogP contribution in [0.15, 0.2) is 55.1 Å². The molecule has 106 valence electrons. The Morgan fingerprint density at radius 3 is 2.55 bits per heavy atom. The highest BCUT2D eigenvalue weighted by molar-refractivity contribution is 6.07. The Bertz CT molecular complexity index is 1010. The molecule has 0 atom stereocenters. The molecular weight excluding hydrogens is 276 g/mol. The lowest BCUT2D eigenvalue weighted by Gasteiger charge is -2.08. The van der Waals surface area contributed by atoms with Crippen LogP contribution in [0.5, 0.6) is 0 Å². The number of aryl methyl sites for hydroxylation is 1. The van der Waals surface area contributed by atoms with Gasteiger partial charge in [-0.1, -0.05) is 12.1 Å². The Kier molecular flexibility index (Phi) is 2.72. The standard InChI is InChI=1S/C17H12N4O/c1-11-8-12(17(22)21-7-6-18-10-21)16-15(9-11)19-13-4-2-3-5-14(13)20-16/h2-10H,1H3. The van der Waals surface area contributed by atoms with Crippen molar-refractivity contribution < 1.29 is 4.79 Å². The van der Waals surface area contributed by atoms with E-state index in [0.29, 0.717) is 11.1 Å². The average molecular weight is 288 g/mol. The zero-order valence-corrected chi connectivity index (χ0v) is 11.9. The fraction of sp³-hybridized carbons (Fsp3) is 0.0588. The maximum atomic E-state index is 12.7. The van der Waals surface area contributed by atoms with Gasteiger partial charge in [-0.25, -0.2) is 15.0 Å². The molecule has 0 aliphatic carbocycles. The minimum Gasteiger partial charge on any atom is -0.272 e. The fourth-order valence-corrected chi connectivity index (χ4v) is 2.55. The number of nitrogens with zero attached hydrogens (tertiary/aromatic N) is 4. The van der Waals surface area contributed by atoms with E-state index in [4.69, 9.17) is 0 Å². The maximum absolute atomic E-state index is 12.7. The number of aromatic nitrogens is 4. The number of hydrogen-bond acceptors (Lipinski definition) is 4. The maximum Gasteiger partial charge on any atom is 0.265 e. The largest absolute Gasteiger partial charge is 0.272 e. The van der Waals surface area contributed by atoms with Gasteiger partial charge < -0.3 is 0 Å². The Hall–Kier alpha value is -3.08. The Morgan fingerprint density at radius 1 is 1.05 bits per heavy atom. The summed E-state index contributed by atoms with van der Waals surface area (Å²) in [5.74, 6) is -0.157. The van der Waals surface area contributed by atoms with Gasteiger partial charge in [0.05, 0.1) is 22.1 Å². The second kappa shape index (κ2) is 4.73. The predicted molar refractivity (Wildman–Crippen MR) is 83.7 cm³/mol. The Morgan fingerprint density at radius 2 is 1.82 bits per heavy atom. The van der Waals surface area contributed by atoms with Gasteiger partial charge in [0.2, 0.25) is 0 Å². The van der Waals surface area contributed by atoms with Crippen LogP contribution in [0.25, 0.3) is 22.1 Å². The van der Waals surface area contributed by atoms with E-state index in [0.717, 1.165) is 22.1 Å². The summed E-state index contributed by atoms with van der Waals surface area (Å²) in [5, 5.41) is 0. The molecule has 2 aromatic heterocycles. The topological polar surface area (TPSA) is 60.7 Å². The van der Waals surface area contributed by atoms with E-state index >= 15 is 0 Å². The van der Waals surface area contributed by atoms with Gasteiger partial charge in [-0.05, 0) is 36.8 Å². The normalized spacial score (nSPS) is 11.1. The van der Waals surface area contributed by atoms with Gasteiger partial charge in [-0.2, -0.15) is 0 Å². The lowest BCUT2D eigenvalue weighted by molar-refractivity contribution is 0.0961. The average Bonchev–Trinajstić information content (AvgIpc) is 3.06. The number of fused-ring (bicyclic) bond motifs is 2. The van der Waals surface area contributed by atoms with Gasteiger partial charge in [0, 0.05) is 12.4 Å². The van der Waals surface area contributed by atoms with Crippen LogP contribution in [-0.2, 0) is 0 Å². The quantitative estimate of drug-likeness (QED) is 0.505. The first-order valence-electron chi connectivity index (χ1n) is 6.92. The van der Waals surface area contributed by atoms with Gasteiger partial charge in [0.15, 0.2) is 0 Å². The first-order valence-corrected chi connectivity index (χ1v) is 6.92. The van der Waals surface area contributed by atoms with Crippen LogP contribution < -0.4 is 0 Å². The third-order valence-electron chi connectivity index (χ3n) is 3.56. The van der Waals surface area contributed by atoms with Crippen LogP contribution in [0.4, 0.5) is 0 Å². The summed E-state index contributed by atoms with van der Waals surface area (Å²) in [5.41, 5.74) is 4.44. The summed E-state index contributed by atoms with van der Waals surface area (Å²) in [6.07, 6.45) is 4.70. The molecule has 0 aliphatic heterocycles. The van der Waals surface area contributed by atoms with Crippen LogP contribution in [0, 0.1) is 6.92 Å². The van der Waals surface area contributed by atoms with Crippen LogP contribution in [0.3, 0.4) is 0 Å². The second-order valence-corrected chi connectivity index (χ2v) is 5.17. The number of benzene rings is 2. The van der Waals surface area contributed by atoms with Crippen LogP contribution in [0.2, 0.25) is 0 Å². The summed E-state index contributed by atoms with van der Waals surface area (Å²) in [6.45, 7) is 1.95. The van der Waals surface area contributed by atoms with Crippen molar-refractivity contribution in [2.45, 2.75) is 6.92 Å². The SMILES string of the molecule is Cc1cc(C(=O)n2ccnc2)c2nc3ccccc3nc2c1. The van der Waals surface area contributed by atoms with Crippen LogP contribution in [-0.4, -0.2) is 25.4 Å². The molecule has 5 heteroatoms. The highest BCUT2D eigenvalue weighted by Gasteiger charge is 2.15. The molecule has 22 heavy (non-hydrogen) atoms. The van der Waals surface area contributed by atoms with Crippen molar-refractivity contribution in [1.29, 1.82) is 0 Å². The molecule has 5 nitrogen and oxygen atoms in total. The number of para-hydroxylation sites is 2. The van der Waals surface area contributed by atoms with Crippen molar-refractivity contribution in [2.24, 2.45) is 0 Å². The van der Waals surface area contributed by atoms with Gasteiger partial charge in [0.25, 0.3) is 5.91 Å². The summed E-state index contributed by atoms with van der Waals surface area (Å²) < 4.78 is 1.45. The van der Waals surface area contributed by atoms with E-state index in [9.17, 15) is 4.79 Å². The van der Waals surface area contributed by atoms with E-state index in [-0.39, 0.29) is 5.91 Å². The number of hydrogen-bond donors (Lipinski definition) is 0. The highest BCUT2D eigenvalue weighted by atomic mass is 16.2. The van der Waals surface area contributed by atoms with Gasteiger partial charge in [-0.3, -0.25) is 9.36 Å². The Balaban J connectivity index is 2.04. The smallest absolute Gasteiger partial charge is 0.265 e. The van der Waals surface area contributed by atoms with Crippen molar-refractivity contribution in [3.8, 4) is 0 Å². The molecule has 0 aliphatic rings. The first-order chi connectivity index (χ1) is 10.7. The minimum absolute atomic E-state index is 0.157. The summed E-state index contributed by atoms with van der Waals surface area (Å²) >= 11 is 0. The number of imidazole rings is 1. The molecule has 0 saturated carbocycles. The van der Waals surface area contributed by atoms with Gasteiger partial charge >= 0.3 is 0 Å². The summed E-state index contributed by atoms with van der Waals surface area (Å²) in [4.78, 5) is 25.8. The van der Waals surface area contributed by atoms with E-state index in [1.807, 2.05) is 43.3 Å². The molecule has 0 saturated heterocycles. The summed E-state index contributed by atoms with van der Waals surface area (Å²) in [7, 11) is 0. The van der Waals surface area contributed by atoms with Crippen molar-refractivity contribution in [2.75, 3.05) is 0 Å². The highest BCUT2D eigenvalue weighted by Crippen LogP contribution is 2.22. The van der Waals surface area contributed by atoms with Crippen LogP contribution >= 0.6 is 0 Å². The lowest BCUT2D eigenvalue weighted by Crippen LogP contribution is -2.11. The molecule has 2 heterocycles. The third kappa shape index (κ3) is 1.95. The van der Waals surface area contributed by atoms with Gasteiger partial charge in [-0.15, -0.1) is 0 Å². The molecule has 0 unspecified atom stereocenters. The third-order valence-corrected chi connectivity index (χ3v) is 3.56. The van der Waals surface area contributed by atoms with E-state index in [1.54, 1.807) is 12.4 Å². The molecule has 0 fully saturated rings. The zero-order valence-electron chi connectivity index (χ0n) is 11.9. The second-order valence-electron chi connectivity index (χ2n) is 5.17. The molecular formula is C17H12N4O. The molecule has 4 aromatic rings. The molecule has 0 N–H and O–H groups in total. The lowest BCUT2D eigenvalue weighted by atomic mass is 10.1. The zero-order chi connectivity index (χ0) is 15.1. The van der Waals surface area contributed by atoms with E-state index in [2.05, 4.69) is 15.0 Å². The molecule has 2 aromatic carbocycles. The van der Waals surface area contributed by atoms with Crippen molar-refractivity contribution >= 4 is 28.0 Å². The Labute approximate surface area is 126 Å². The van der Waals surface area contributed by atoms with E-state index in [1.165, 1.54) is 10.9 Å². The van der Waals surface area contributed by atoms with Gasteiger partial charge in [0.1, 0.15) is 11.8 Å². The van der Waals surface area contributed by atoms with E-state index < -0.39 is 0 Å². The molecule has 0 spiro atoms. The van der Waals surface area contributed by atoms with Crippen molar-refractivity contribution in [3.05, 3.63) is 66.2 Å². The number of carbonyl (C=O) groups is 1. The molecule has 0 amide bonds. The minimum atomic E-state index is -0.157. The van der Waals surface area contributed by atoms with Crippen molar-refractivity contribution in [3.63, 3.8) is 0 Å². The van der Waals surface area contributed by atoms with Crippen molar-refractivity contribution in [1.82, 2.24) is 19.5 Å². The monoisotopic (exact) mass is 288 g/mol. The number of carbonyl (C=O) groups excluding carboxylic acids is 1. The van der Waals surface area contributed by atoms with Crippen LogP contribution in [0.1, 0.15) is 15.9 Å². The summed E-state index contributed by atoms with van der Waals surface area (Å²) in [6, 6.07) is 11.4. The first kappa shape index (κ1) is 12.6. The molecule has 0 radical (unpaired) electrons. The molecule has 4 rings (SSSR count). The predicted octanol–water partition coefficient (Wildman–Crippen LogP) is 2.98.